The second-order valence-corrected chi connectivity index (χ2v) is 8.06. The fraction of sp³-hybridized carbons (Fsp3) is 0.154. The predicted octanol–water partition coefficient (Wildman–Crippen LogP) is 3.32. The Morgan fingerprint density at radius 2 is 1.64 bits per heavy atom. The molecule has 1 aliphatic rings. The second kappa shape index (κ2) is 8.35. The zero-order valence-electron chi connectivity index (χ0n) is 18.1. The van der Waals surface area contributed by atoms with Crippen molar-refractivity contribution in [3.8, 4) is 0 Å². The highest BCUT2D eigenvalue weighted by Gasteiger charge is 2.25. The van der Waals surface area contributed by atoms with Crippen LogP contribution in [0.4, 0.5) is 11.4 Å². The van der Waals surface area contributed by atoms with Crippen molar-refractivity contribution in [2.75, 3.05) is 16.8 Å². The molecule has 1 N–H and O–H groups in total. The van der Waals surface area contributed by atoms with Crippen LogP contribution in [0.15, 0.2) is 77.6 Å². The number of fused-ring (bicyclic) bond motifs is 2. The number of anilines is 2. The molecule has 0 saturated heterocycles. The van der Waals surface area contributed by atoms with Crippen molar-refractivity contribution in [1.29, 1.82) is 0 Å². The first-order chi connectivity index (χ1) is 16.0. The molecule has 2 heterocycles. The summed E-state index contributed by atoms with van der Waals surface area (Å²) in [5, 5.41) is 8.33. The van der Waals surface area contributed by atoms with Crippen molar-refractivity contribution in [1.82, 2.24) is 9.78 Å². The number of hydrogen-bond donors (Lipinski definition) is 1. The van der Waals surface area contributed by atoms with Crippen molar-refractivity contribution in [3.05, 3.63) is 100.0 Å². The number of carbonyl (C=O) groups is 2. The Morgan fingerprint density at radius 1 is 0.939 bits per heavy atom. The zero-order chi connectivity index (χ0) is 22.9. The number of amides is 2. The Bertz CT molecular complexity index is 1440. The van der Waals surface area contributed by atoms with Crippen LogP contribution in [-0.4, -0.2) is 28.1 Å². The minimum absolute atomic E-state index is 0.0277. The smallest absolute Gasteiger partial charge is 0.274 e. The van der Waals surface area contributed by atoms with E-state index in [9.17, 15) is 14.4 Å². The lowest BCUT2D eigenvalue weighted by molar-refractivity contribution is -0.115. The number of benzene rings is 3. The summed E-state index contributed by atoms with van der Waals surface area (Å²) >= 11 is 0. The van der Waals surface area contributed by atoms with Crippen LogP contribution < -0.4 is 15.8 Å². The number of carbonyl (C=O) groups excluding carboxylic acids is 2. The molecule has 0 radical (unpaired) electrons. The number of aryl methyl sites for hydroxylation is 1. The average Bonchev–Trinajstić information content (AvgIpc) is 3.26. The number of para-hydroxylation sites is 1. The van der Waals surface area contributed by atoms with Crippen molar-refractivity contribution in [2.24, 2.45) is 7.05 Å². The van der Waals surface area contributed by atoms with E-state index in [-0.39, 0.29) is 23.8 Å². The normalized spacial score (nSPS) is 12.6. The summed E-state index contributed by atoms with van der Waals surface area (Å²) in [4.78, 5) is 39.7. The molecule has 7 heteroatoms. The standard InChI is InChI=1S/C26H22N4O3/c1-29-26(33)21-8-4-3-7-20(21)22(28-29)16-24(31)27-19-12-10-18(11-13-19)25(32)30-15-14-17-6-2-5-9-23(17)30/h2-13H,14-16H2,1H3,(H,27,31). The third-order valence-corrected chi connectivity index (χ3v) is 5.91. The third-order valence-electron chi connectivity index (χ3n) is 5.91. The Labute approximate surface area is 190 Å². The summed E-state index contributed by atoms with van der Waals surface area (Å²) in [6, 6.07) is 21.9. The van der Waals surface area contributed by atoms with Crippen LogP contribution in [0.3, 0.4) is 0 Å². The number of nitrogens with one attached hydrogen (secondary N) is 1. The minimum Gasteiger partial charge on any atom is -0.326 e. The van der Waals surface area contributed by atoms with Gasteiger partial charge in [0.1, 0.15) is 0 Å². The summed E-state index contributed by atoms with van der Waals surface area (Å²) in [7, 11) is 1.57. The van der Waals surface area contributed by atoms with E-state index in [0.717, 1.165) is 12.1 Å². The van der Waals surface area contributed by atoms with Gasteiger partial charge in [-0.15, -0.1) is 0 Å². The Balaban J connectivity index is 1.30. The lowest BCUT2D eigenvalue weighted by atomic mass is 10.1. The largest absolute Gasteiger partial charge is 0.326 e. The molecular formula is C26H22N4O3. The molecular weight excluding hydrogens is 416 g/mol. The first-order valence-corrected chi connectivity index (χ1v) is 10.8. The van der Waals surface area contributed by atoms with E-state index in [4.69, 9.17) is 0 Å². The Hall–Kier alpha value is -4.26. The topological polar surface area (TPSA) is 84.3 Å². The van der Waals surface area contributed by atoms with Gasteiger partial charge in [-0.2, -0.15) is 5.10 Å². The van der Waals surface area contributed by atoms with Gasteiger partial charge in [-0.25, -0.2) is 4.68 Å². The molecule has 0 atom stereocenters. The second-order valence-electron chi connectivity index (χ2n) is 8.06. The molecule has 3 aromatic carbocycles. The molecule has 7 nitrogen and oxygen atoms in total. The lowest BCUT2D eigenvalue weighted by Gasteiger charge is -2.17. The van der Waals surface area contributed by atoms with Gasteiger partial charge in [-0.05, 0) is 48.4 Å². The lowest BCUT2D eigenvalue weighted by Crippen LogP contribution is -2.28. The molecule has 0 spiro atoms. The molecule has 2 amide bonds. The van der Waals surface area contributed by atoms with Crippen LogP contribution in [0.1, 0.15) is 21.6 Å². The average molecular weight is 438 g/mol. The summed E-state index contributed by atoms with van der Waals surface area (Å²) < 4.78 is 1.25. The summed E-state index contributed by atoms with van der Waals surface area (Å²) in [5.41, 5.74) is 3.62. The maximum absolute atomic E-state index is 13.0. The molecule has 33 heavy (non-hydrogen) atoms. The first-order valence-electron chi connectivity index (χ1n) is 10.8. The summed E-state index contributed by atoms with van der Waals surface area (Å²) in [6.45, 7) is 0.664. The molecule has 1 aromatic heterocycles. The van der Waals surface area contributed by atoms with Gasteiger partial charge in [0.05, 0.1) is 17.5 Å². The molecule has 164 valence electrons. The van der Waals surface area contributed by atoms with E-state index in [2.05, 4.69) is 10.4 Å². The monoisotopic (exact) mass is 438 g/mol. The number of rotatable bonds is 4. The van der Waals surface area contributed by atoms with E-state index < -0.39 is 0 Å². The zero-order valence-corrected chi connectivity index (χ0v) is 18.1. The quantitative estimate of drug-likeness (QED) is 0.530. The van der Waals surface area contributed by atoms with Crippen molar-refractivity contribution >= 4 is 34.0 Å². The number of aromatic nitrogens is 2. The molecule has 5 rings (SSSR count). The maximum atomic E-state index is 13.0. The van der Waals surface area contributed by atoms with Crippen molar-refractivity contribution in [3.63, 3.8) is 0 Å². The van der Waals surface area contributed by atoms with E-state index in [1.807, 2.05) is 30.3 Å². The van der Waals surface area contributed by atoms with E-state index >= 15 is 0 Å². The van der Waals surface area contributed by atoms with Crippen molar-refractivity contribution < 1.29 is 9.59 Å². The summed E-state index contributed by atoms with van der Waals surface area (Å²) in [5.74, 6) is -0.308. The Kier molecular flexibility index (Phi) is 5.22. The minimum atomic E-state index is -0.251. The van der Waals surface area contributed by atoms with Gasteiger partial charge < -0.3 is 10.2 Å². The van der Waals surface area contributed by atoms with Gasteiger partial charge >= 0.3 is 0 Å². The summed E-state index contributed by atoms with van der Waals surface area (Å²) in [6.07, 6.45) is 0.879. The fourth-order valence-corrected chi connectivity index (χ4v) is 4.26. The van der Waals surface area contributed by atoms with Gasteiger partial charge in [-0.3, -0.25) is 14.4 Å². The van der Waals surface area contributed by atoms with Crippen LogP contribution >= 0.6 is 0 Å². The third kappa shape index (κ3) is 3.89. The van der Waals surface area contributed by atoms with E-state index in [0.29, 0.717) is 34.3 Å². The van der Waals surface area contributed by atoms with Gasteiger partial charge in [0.2, 0.25) is 5.91 Å². The van der Waals surface area contributed by atoms with Crippen LogP contribution in [0.2, 0.25) is 0 Å². The SMILES string of the molecule is Cn1nc(CC(=O)Nc2ccc(C(=O)N3CCc4ccccc43)cc2)c2ccccc2c1=O. The molecule has 0 aliphatic carbocycles. The highest BCUT2D eigenvalue weighted by Crippen LogP contribution is 2.29. The molecule has 1 aliphatic heterocycles. The molecule has 0 fully saturated rings. The predicted molar refractivity (Wildman–Crippen MR) is 128 cm³/mol. The van der Waals surface area contributed by atoms with Crippen LogP contribution in [0.5, 0.6) is 0 Å². The molecule has 0 saturated carbocycles. The first kappa shape index (κ1) is 20.6. The van der Waals surface area contributed by atoms with Crippen LogP contribution in [0.25, 0.3) is 10.8 Å². The van der Waals surface area contributed by atoms with Gasteiger partial charge in [0.25, 0.3) is 11.5 Å². The van der Waals surface area contributed by atoms with Crippen LogP contribution in [0, 0.1) is 0 Å². The van der Waals surface area contributed by atoms with Crippen LogP contribution in [-0.2, 0) is 24.7 Å². The van der Waals surface area contributed by atoms with E-state index in [1.54, 1.807) is 54.4 Å². The van der Waals surface area contributed by atoms with Gasteiger partial charge in [-0.1, -0.05) is 36.4 Å². The van der Waals surface area contributed by atoms with Crippen molar-refractivity contribution in [2.45, 2.75) is 12.8 Å². The molecule has 4 aromatic rings. The fourth-order valence-electron chi connectivity index (χ4n) is 4.26. The highest BCUT2D eigenvalue weighted by molar-refractivity contribution is 6.07. The van der Waals surface area contributed by atoms with Gasteiger partial charge in [0, 0.05) is 35.9 Å². The molecule has 0 bridgehead atoms. The van der Waals surface area contributed by atoms with E-state index in [1.165, 1.54) is 10.2 Å². The molecule has 0 unspecified atom stereocenters. The Morgan fingerprint density at radius 3 is 2.42 bits per heavy atom. The maximum Gasteiger partial charge on any atom is 0.274 e. The number of hydrogen-bond acceptors (Lipinski definition) is 4. The van der Waals surface area contributed by atoms with Gasteiger partial charge in [0.15, 0.2) is 0 Å². The highest BCUT2D eigenvalue weighted by atomic mass is 16.2. The number of nitrogens with zero attached hydrogens (tertiary/aromatic N) is 3.